The minimum absolute atomic E-state index is 0.0174. The largest absolute Gasteiger partial charge is 0.416 e. The maximum absolute atomic E-state index is 14.1. The Labute approximate surface area is 121 Å². The maximum atomic E-state index is 14.1. The number of aromatic amines is 1. The van der Waals surface area contributed by atoms with Crippen molar-refractivity contribution in [1.82, 2.24) is 20.0 Å². The van der Waals surface area contributed by atoms with Crippen molar-refractivity contribution in [2.45, 2.75) is 6.61 Å². The van der Waals surface area contributed by atoms with E-state index in [9.17, 15) is 13.2 Å². The first-order valence-electron chi connectivity index (χ1n) is 5.77. The van der Waals surface area contributed by atoms with E-state index in [1.165, 1.54) is 25.4 Å². The second kappa shape index (κ2) is 4.96. The fraction of sp³-hybridized carbons (Fsp3) is 0.167. The van der Waals surface area contributed by atoms with E-state index in [0.717, 1.165) is 4.68 Å². The van der Waals surface area contributed by atoms with Crippen molar-refractivity contribution in [2.24, 2.45) is 7.05 Å². The van der Waals surface area contributed by atoms with Gasteiger partial charge in [0.25, 0.3) is 0 Å². The van der Waals surface area contributed by atoms with Gasteiger partial charge in [-0.05, 0) is 12.1 Å². The lowest BCUT2D eigenvalue weighted by molar-refractivity contribution is -0.0552. The van der Waals surface area contributed by atoms with Crippen LogP contribution >= 0.6 is 11.6 Å². The van der Waals surface area contributed by atoms with Crippen molar-refractivity contribution < 1.29 is 17.9 Å². The Balaban J connectivity index is 2.16. The van der Waals surface area contributed by atoms with Crippen LogP contribution in [0.3, 0.4) is 0 Å². The van der Waals surface area contributed by atoms with Crippen LogP contribution in [0, 0.1) is 5.82 Å². The molecule has 0 aliphatic carbocycles. The predicted molar refractivity (Wildman–Crippen MR) is 69.9 cm³/mol. The molecule has 0 amide bonds. The topological polar surface area (TPSA) is 55.7 Å². The third-order valence-corrected chi connectivity index (χ3v) is 3.26. The van der Waals surface area contributed by atoms with Gasteiger partial charge < -0.3 is 4.74 Å². The summed E-state index contributed by atoms with van der Waals surface area (Å²) < 4.78 is 44.1. The number of alkyl halides is 2. The van der Waals surface area contributed by atoms with Gasteiger partial charge in [-0.2, -0.15) is 19.0 Å². The van der Waals surface area contributed by atoms with E-state index in [1.54, 1.807) is 0 Å². The van der Waals surface area contributed by atoms with E-state index >= 15 is 0 Å². The zero-order chi connectivity index (χ0) is 15.1. The molecule has 0 aliphatic heterocycles. The van der Waals surface area contributed by atoms with E-state index in [2.05, 4.69) is 20.0 Å². The van der Waals surface area contributed by atoms with Crippen LogP contribution in [0.4, 0.5) is 13.2 Å². The Kier molecular flexibility index (Phi) is 3.25. The monoisotopic (exact) mass is 316 g/mol. The van der Waals surface area contributed by atoms with Crippen molar-refractivity contribution in [3.05, 3.63) is 29.2 Å². The van der Waals surface area contributed by atoms with Crippen LogP contribution in [0.5, 0.6) is 5.88 Å². The van der Waals surface area contributed by atoms with E-state index in [1.807, 2.05) is 0 Å². The van der Waals surface area contributed by atoms with Gasteiger partial charge in [-0.1, -0.05) is 11.6 Å². The summed E-state index contributed by atoms with van der Waals surface area (Å²) in [6, 6.07) is 2.71. The third-order valence-electron chi connectivity index (χ3n) is 2.92. The number of aromatic nitrogens is 4. The maximum Gasteiger partial charge on any atom is 0.388 e. The molecule has 0 saturated carbocycles. The molecule has 0 unspecified atom stereocenters. The zero-order valence-corrected chi connectivity index (χ0v) is 11.3. The van der Waals surface area contributed by atoms with Crippen LogP contribution in [-0.2, 0) is 7.05 Å². The molecule has 0 spiro atoms. The van der Waals surface area contributed by atoms with Gasteiger partial charge in [0.15, 0.2) is 0 Å². The Bertz CT molecular complexity index is 814. The highest BCUT2D eigenvalue weighted by Crippen LogP contribution is 2.37. The van der Waals surface area contributed by atoms with Gasteiger partial charge >= 0.3 is 6.61 Å². The molecule has 21 heavy (non-hydrogen) atoms. The molecular formula is C12H8ClF3N4O. The lowest BCUT2D eigenvalue weighted by Crippen LogP contribution is -2.06. The minimum atomic E-state index is -3.05. The second-order valence-corrected chi connectivity index (χ2v) is 4.64. The molecule has 3 aromatic rings. The molecule has 9 heteroatoms. The Hall–Kier alpha value is -2.22. The number of rotatable bonds is 3. The predicted octanol–water partition coefficient (Wildman–Crippen LogP) is 3.36. The number of H-pyrrole nitrogens is 1. The number of hydrogen-bond acceptors (Lipinski definition) is 3. The lowest BCUT2D eigenvalue weighted by atomic mass is 10.1. The molecule has 0 atom stereocenters. The van der Waals surface area contributed by atoms with Crippen molar-refractivity contribution in [2.75, 3.05) is 0 Å². The molecule has 0 fully saturated rings. The van der Waals surface area contributed by atoms with Gasteiger partial charge in [-0.15, -0.1) is 0 Å². The summed E-state index contributed by atoms with van der Waals surface area (Å²) in [6.07, 6.45) is 1.47. The third kappa shape index (κ3) is 2.31. The molecule has 0 aliphatic rings. The molecule has 5 nitrogen and oxygen atoms in total. The number of halogens is 4. The molecule has 0 bridgehead atoms. The summed E-state index contributed by atoms with van der Waals surface area (Å²) >= 11 is 5.97. The number of fused-ring (bicyclic) bond motifs is 1. The average molecular weight is 317 g/mol. The van der Waals surface area contributed by atoms with Crippen molar-refractivity contribution in [1.29, 1.82) is 0 Å². The zero-order valence-electron chi connectivity index (χ0n) is 10.6. The molecule has 3 rings (SSSR count). The standard InChI is InChI=1S/C12H8ClF3N4O/c1-20-11(21-12(15)16)9(13)10(19-20)6-3-8-5(2-7(6)14)4-17-18-8/h2-4,12H,1H3,(H,17,18). The number of ether oxygens (including phenoxy) is 1. The molecule has 0 saturated heterocycles. The first-order valence-corrected chi connectivity index (χ1v) is 6.15. The number of hydrogen-bond donors (Lipinski definition) is 1. The van der Waals surface area contributed by atoms with Crippen LogP contribution < -0.4 is 4.74 Å². The van der Waals surface area contributed by atoms with Crippen LogP contribution in [0.15, 0.2) is 18.3 Å². The first kappa shape index (κ1) is 13.7. The summed E-state index contributed by atoms with van der Waals surface area (Å²) in [7, 11) is 1.37. The summed E-state index contributed by atoms with van der Waals surface area (Å²) in [5, 5.41) is 10.8. The highest BCUT2D eigenvalue weighted by Gasteiger charge is 2.22. The number of nitrogens with one attached hydrogen (secondary N) is 1. The van der Waals surface area contributed by atoms with Gasteiger partial charge in [0.1, 0.15) is 16.5 Å². The van der Waals surface area contributed by atoms with Gasteiger partial charge in [0.05, 0.1) is 11.7 Å². The molecular weight excluding hydrogens is 309 g/mol. The highest BCUT2D eigenvalue weighted by atomic mass is 35.5. The number of nitrogens with zero attached hydrogens (tertiary/aromatic N) is 3. The van der Waals surface area contributed by atoms with Crippen molar-refractivity contribution >= 4 is 22.5 Å². The Morgan fingerprint density at radius 2 is 2.14 bits per heavy atom. The normalized spacial score (nSPS) is 11.5. The van der Waals surface area contributed by atoms with Gasteiger partial charge in [0.2, 0.25) is 5.88 Å². The van der Waals surface area contributed by atoms with Gasteiger partial charge in [0, 0.05) is 18.0 Å². The van der Waals surface area contributed by atoms with Crippen LogP contribution in [0.1, 0.15) is 0 Å². The summed E-state index contributed by atoms with van der Waals surface area (Å²) in [5.41, 5.74) is 0.657. The molecule has 0 radical (unpaired) electrons. The average Bonchev–Trinajstić information content (AvgIpc) is 2.96. The Morgan fingerprint density at radius 1 is 1.38 bits per heavy atom. The van der Waals surface area contributed by atoms with E-state index in [-0.39, 0.29) is 22.2 Å². The summed E-state index contributed by atoms with van der Waals surface area (Å²) in [6.45, 7) is -3.05. The fourth-order valence-corrected chi connectivity index (χ4v) is 2.32. The van der Waals surface area contributed by atoms with Crippen molar-refractivity contribution in [3.63, 3.8) is 0 Å². The highest BCUT2D eigenvalue weighted by molar-refractivity contribution is 6.34. The molecule has 1 aromatic carbocycles. The molecule has 110 valence electrons. The molecule has 2 heterocycles. The smallest absolute Gasteiger partial charge is 0.388 e. The van der Waals surface area contributed by atoms with Gasteiger partial charge in [-0.3, -0.25) is 5.10 Å². The van der Waals surface area contributed by atoms with Crippen LogP contribution in [-0.4, -0.2) is 26.6 Å². The second-order valence-electron chi connectivity index (χ2n) is 4.26. The first-order chi connectivity index (χ1) is 9.97. The Morgan fingerprint density at radius 3 is 2.86 bits per heavy atom. The van der Waals surface area contributed by atoms with E-state index in [0.29, 0.717) is 10.9 Å². The number of aryl methyl sites for hydroxylation is 1. The van der Waals surface area contributed by atoms with Crippen LogP contribution in [0.25, 0.3) is 22.2 Å². The van der Waals surface area contributed by atoms with Crippen molar-refractivity contribution in [3.8, 4) is 17.1 Å². The SMILES string of the molecule is Cn1nc(-c2cc3[nH]ncc3cc2F)c(Cl)c1OC(F)F. The van der Waals surface area contributed by atoms with Crippen LogP contribution in [0.2, 0.25) is 5.02 Å². The number of benzene rings is 1. The quantitative estimate of drug-likeness (QED) is 0.806. The summed E-state index contributed by atoms with van der Waals surface area (Å²) in [4.78, 5) is 0. The van der Waals surface area contributed by atoms with E-state index in [4.69, 9.17) is 11.6 Å². The lowest BCUT2D eigenvalue weighted by Gasteiger charge is -2.04. The van der Waals surface area contributed by atoms with E-state index < -0.39 is 12.4 Å². The summed E-state index contributed by atoms with van der Waals surface area (Å²) in [5.74, 6) is -0.918. The van der Waals surface area contributed by atoms with Gasteiger partial charge in [-0.25, -0.2) is 9.07 Å². The molecule has 2 aromatic heterocycles. The minimum Gasteiger partial charge on any atom is -0.416 e. The molecule has 1 N–H and O–H groups in total. The fourth-order valence-electron chi connectivity index (χ4n) is 2.01.